The fraction of sp³-hybridized carbons (Fsp3) is 0.529. The zero-order valence-electron chi connectivity index (χ0n) is 15.2. The molecular formula is C17H22FN3O4S. The molecule has 0 atom stereocenters. The number of anilines is 1. The second-order valence-electron chi connectivity index (χ2n) is 6.87. The number of sulfone groups is 1. The molecule has 0 saturated heterocycles. The molecule has 7 nitrogen and oxygen atoms in total. The van der Waals surface area contributed by atoms with Gasteiger partial charge in [0.05, 0.1) is 5.69 Å². The van der Waals surface area contributed by atoms with E-state index in [1.165, 1.54) is 6.07 Å². The van der Waals surface area contributed by atoms with Gasteiger partial charge in [-0.1, -0.05) is 10.3 Å². The van der Waals surface area contributed by atoms with E-state index in [1.807, 2.05) is 18.7 Å². The molecule has 0 N–H and O–H groups in total. The van der Waals surface area contributed by atoms with E-state index in [9.17, 15) is 12.8 Å². The van der Waals surface area contributed by atoms with Gasteiger partial charge in [-0.2, -0.15) is 0 Å². The molecule has 0 amide bonds. The Labute approximate surface area is 151 Å². The minimum Gasteiger partial charge on any atom is -0.389 e. The molecule has 9 heteroatoms. The second-order valence-corrected chi connectivity index (χ2v) is 8.86. The summed E-state index contributed by atoms with van der Waals surface area (Å²) in [6.07, 6.45) is 0.186. The third-order valence-corrected chi connectivity index (χ3v) is 5.97. The fourth-order valence-corrected chi connectivity index (χ4v) is 4.39. The average Bonchev–Trinajstić information content (AvgIpc) is 3.12. The van der Waals surface area contributed by atoms with Gasteiger partial charge in [-0.25, -0.2) is 12.8 Å². The summed E-state index contributed by atoms with van der Waals surface area (Å²) < 4.78 is 45.0. The van der Waals surface area contributed by atoms with E-state index in [-0.39, 0.29) is 17.2 Å². The topological polar surface area (TPSA) is 85.0 Å². The van der Waals surface area contributed by atoms with Crippen molar-refractivity contribution in [3.8, 4) is 0 Å². The molecule has 26 heavy (non-hydrogen) atoms. The summed E-state index contributed by atoms with van der Waals surface area (Å²) >= 11 is 0. The normalized spacial score (nSPS) is 16.6. The Kier molecular flexibility index (Phi) is 4.68. The molecule has 1 aromatic heterocycles. The van der Waals surface area contributed by atoms with Crippen molar-refractivity contribution >= 4 is 31.5 Å². The summed E-state index contributed by atoms with van der Waals surface area (Å²) in [6, 6.07) is 2.83. The van der Waals surface area contributed by atoms with Crippen LogP contribution in [0.2, 0.25) is 0 Å². The highest BCUT2D eigenvalue weighted by Crippen LogP contribution is 2.31. The van der Waals surface area contributed by atoms with Gasteiger partial charge in [0.1, 0.15) is 22.9 Å². The fourth-order valence-electron chi connectivity index (χ4n) is 2.94. The number of halogens is 1. The number of nitrogens with zero attached hydrogens (tertiary/aromatic N) is 3. The highest BCUT2D eigenvalue weighted by atomic mass is 32.2. The molecule has 0 fully saturated rings. The number of oxime groups is 1. The van der Waals surface area contributed by atoms with Crippen LogP contribution in [0.5, 0.6) is 0 Å². The van der Waals surface area contributed by atoms with Crippen LogP contribution in [0.15, 0.2) is 21.8 Å². The van der Waals surface area contributed by atoms with Gasteiger partial charge in [0.15, 0.2) is 10.6 Å². The van der Waals surface area contributed by atoms with Crippen molar-refractivity contribution in [3.05, 3.63) is 23.6 Å². The van der Waals surface area contributed by atoms with Crippen LogP contribution in [-0.2, 0) is 20.4 Å². The summed E-state index contributed by atoms with van der Waals surface area (Å²) in [5, 5.41) is 7.85. The van der Waals surface area contributed by atoms with Crippen LogP contribution in [-0.4, -0.2) is 37.3 Å². The third-order valence-electron chi connectivity index (χ3n) is 4.38. The van der Waals surface area contributed by atoms with Crippen LogP contribution in [0.4, 0.5) is 10.1 Å². The van der Waals surface area contributed by atoms with Crippen molar-refractivity contribution in [2.45, 2.75) is 45.5 Å². The van der Waals surface area contributed by atoms with Crippen LogP contribution < -0.4 is 4.90 Å². The molecule has 1 aromatic carbocycles. The lowest BCUT2D eigenvalue weighted by molar-refractivity contribution is 0.0123. The summed E-state index contributed by atoms with van der Waals surface area (Å²) in [5.41, 5.74) is 0.267. The van der Waals surface area contributed by atoms with Crippen molar-refractivity contribution in [1.82, 2.24) is 5.16 Å². The number of hydrogen-bond donors (Lipinski definition) is 0. The van der Waals surface area contributed by atoms with Crippen LogP contribution in [0.25, 0.3) is 11.0 Å². The Hall–Kier alpha value is -2.16. The zero-order chi connectivity index (χ0) is 19.1. The molecule has 3 rings (SSSR count). The van der Waals surface area contributed by atoms with Crippen molar-refractivity contribution in [1.29, 1.82) is 0 Å². The lowest BCUT2D eigenvalue weighted by Gasteiger charge is -2.21. The SMILES string of the molecule is CCN(CC)c1cc2onc(CS(=O)(=O)C3=NOC(C)(C)C3)c2cc1F. The zero-order valence-corrected chi connectivity index (χ0v) is 16.1. The van der Waals surface area contributed by atoms with Crippen molar-refractivity contribution < 1.29 is 22.2 Å². The highest BCUT2D eigenvalue weighted by molar-refractivity contribution is 8.05. The molecule has 0 radical (unpaired) electrons. The van der Waals surface area contributed by atoms with Crippen LogP contribution in [0, 0.1) is 5.82 Å². The number of fused-ring (bicyclic) bond motifs is 1. The van der Waals surface area contributed by atoms with Gasteiger partial charge in [0.25, 0.3) is 0 Å². The van der Waals surface area contributed by atoms with Crippen molar-refractivity contribution in [2.75, 3.05) is 18.0 Å². The molecule has 0 saturated carbocycles. The second kappa shape index (κ2) is 6.53. The molecule has 2 heterocycles. The van der Waals surface area contributed by atoms with Gasteiger partial charge in [0, 0.05) is 31.0 Å². The highest BCUT2D eigenvalue weighted by Gasteiger charge is 2.36. The molecule has 1 aliphatic rings. The van der Waals surface area contributed by atoms with E-state index in [0.717, 1.165) is 0 Å². The van der Waals surface area contributed by atoms with E-state index in [0.29, 0.717) is 29.7 Å². The van der Waals surface area contributed by atoms with E-state index >= 15 is 0 Å². The smallest absolute Gasteiger partial charge is 0.200 e. The summed E-state index contributed by atoms with van der Waals surface area (Å²) in [5.74, 6) is -0.854. The van der Waals surface area contributed by atoms with Gasteiger partial charge < -0.3 is 14.3 Å². The Morgan fingerprint density at radius 2 is 1.96 bits per heavy atom. The molecular weight excluding hydrogens is 361 g/mol. The first-order chi connectivity index (χ1) is 12.2. The molecule has 1 aliphatic heterocycles. The Bertz CT molecular complexity index is 962. The van der Waals surface area contributed by atoms with Crippen LogP contribution >= 0.6 is 0 Å². The Morgan fingerprint density at radius 3 is 2.54 bits per heavy atom. The van der Waals surface area contributed by atoms with Crippen LogP contribution in [0.3, 0.4) is 0 Å². The number of aromatic nitrogens is 1. The predicted octanol–water partition coefficient (Wildman–Crippen LogP) is 3.24. The number of rotatable bonds is 5. The van der Waals surface area contributed by atoms with Crippen molar-refractivity contribution in [3.63, 3.8) is 0 Å². The molecule has 142 valence electrons. The van der Waals surface area contributed by atoms with Gasteiger partial charge in [-0.05, 0) is 33.8 Å². The lowest BCUT2D eigenvalue weighted by atomic mass is 10.1. The monoisotopic (exact) mass is 383 g/mol. The average molecular weight is 383 g/mol. The van der Waals surface area contributed by atoms with E-state index < -0.39 is 27.0 Å². The summed E-state index contributed by atoms with van der Waals surface area (Å²) in [4.78, 5) is 6.98. The molecule has 0 unspecified atom stereocenters. The minimum atomic E-state index is -3.72. The number of benzene rings is 1. The minimum absolute atomic E-state index is 0.0288. The first kappa shape index (κ1) is 18.6. The standard InChI is InChI=1S/C17H22FN3O4S/c1-5-21(6-2)14-8-15-11(7-12(14)18)13(19-24-15)10-26(22,23)16-9-17(3,4)25-20-16/h7-8H,5-6,9-10H2,1-4H3. The first-order valence-electron chi connectivity index (χ1n) is 8.47. The summed E-state index contributed by atoms with van der Waals surface area (Å²) in [6.45, 7) is 8.66. The largest absolute Gasteiger partial charge is 0.389 e. The first-order valence-corrected chi connectivity index (χ1v) is 10.1. The maximum absolute atomic E-state index is 14.5. The molecule has 0 spiro atoms. The maximum atomic E-state index is 14.5. The van der Waals surface area contributed by atoms with Gasteiger partial charge in [0.2, 0.25) is 9.84 Å². The summed E-state index contributed by atoms with van der Waals surface area (Å²) in [7, 11) is -3.72. The third kappa shape index (κ3) is 3.40. The molecule has 0 aliphatic carbocycles. The van der Waals surface area contributed by atoms with E-state index in [4.69, 9.17) is 9.36 Å². The predicted molar refractivity (Wildman–Crippen MR) is 97.4 cm³/mol. The van der Waals surface area contributed by atoms with Crippen LogP contribution in [0.1, 0.15) is 39.8 Å². The van der Waals surface area contributed by atoms with Gasteiger partial charge in [-0.15, -0.1) is 0 Å². The maximum Gasteiger partial charge on any atom is 0.200 e. The number of hydrogen-bond acceptors (Lipinski definition) is 7. The van der Waals surface area contributed by atoms with E-state index in [2.05, 4.69) is 10.3 Å². The Morgan fingerprint density at radius 1 is 1.27 bits per heavy atom. The quantitative estimate of drug-likeness (QED) is 0.788. The Balaban J connectivity index is 1.94. The van der Waals surface area contributed by atoms with Gasteiger partial charge in [-0.3, -0.25) is 0 Å². The molecule has 2 aromatic rings. The van der Waals surface area contributed by atoms with Crippen molar-refractivity contribution in [2.24, 2.45) is 5.16 Å². The lowest BCUT2D eigenvalue weighted by Crippen LogP contribution is -2.23. The molecule has 0 bridgehead atoms. The van der Waals surface area contributed by atoms with E-state index in [1.54, 1.807) is 19.9 Å². The van der Waals surface area contributed by atoms with Gasteiger partial charge >= 0.3 is 0 Å².